The normalized spacial score (nSPS) is 16.4. The van der Waals surface area contributed by atoms with E-state index in [0.29, 0.717) is 11.6 Å². The molecule has 1 aliphatic heterocycles. The monoisotopic (exact) mass is 293 g/mol. The molecule has 21 heavy (non-hydrogen) atoms. The first-order valence-electron chi connectivity index (χ1n) is 7.45. The summed E-state index contributed by atoms with van der Waals surface area (Å²) < 4.78 is 4.91. The van der Waals surface area contributed by atoms with E-state index in [4.69, 9.17) is 4.52 Å². The van der Waals surface area contributed by atoms with E-state index in [1.807, 2.05) is 0 Å². The lowest BCUT2D eigenvalue weighted by atomic mass is 9.90. The summed E-state index contributed by atoms with van der Waals surface area (Å²) in [6.45, 7) is 6.53. The van der Waals surface area contributed by atoms with Gasteiger partial charge >= 0.3 is 0 Å². The molecule has 1 saturated heterocycles. The van der Waals surface area contributed by atoms with Crippen LogP contribution in [0.25, 0.3) is 0 Å². The highest BCUT2D eigenvalue weighted by atomic mass is 16.5. The molecule has 1 aromatic rings. The molecule has 0 atom stereocenters. The minimum absolute atomic E-state index is 0.123. The minimum Gasteiger partial charge on any atom is -0.360 e. The van der Waals surface area contributed by atoms with E-state index in [9.17, 15) is 9.59 Å². The van der Waals surface area contributed by atoms with Gasteiger partial charge < -0.3 is 14.7 Å². The molecule has 2 rings (SSSR count). The van der Waals surface area contributed by atoms with Crippen LogP contribution in [0.15, 0.2) is 10.6 Å². The van der Waals surface area contributed by atoms with E-state index in [-0.39, 0.29) is 11.8 Å². The molecular weight excluding hydrogens is 270 g/mol. The Balaban J connectivity index is 2.04. The van der Waals surface area contributed by atoms with Crippen molar-refractivity contribution in [1.82, 2.24) is 10.1 Å². The van der Waals surface area contributed by atoms with Crippen LogP contribution < -0.4 is 5.32 Å². The maximum Gasteiger partial charge on any atom is 0.240 e. The Bertz CT molecular complexity index is 514. The van der Waals surface area contributed by atoms with Crippen LogP contribution in [0.3, 0.4) is 0 Å². The van der Waals surface area contributed by atoms with Gasteiger partial charge in [-0.2, -0.15) is 0 Å². The molecule has 1 N–H and O–H groups in total. The van der Waals surface area contributed by atoms with Gasteiger partial charge in [0, 0.05) is 19.2 Å². The highest BCUT2D eigenvalue weighted by Crippen LogP contribution is 2.24. The third-order valence-electron chi connectivity index (χ3n) is 3.87. The van der Waals surface area contributed by atoms with Crippen molar-refractivity contribution in [3.05, 3.63) is 11.8 Å². The Hall–Kier alpha value is -1.85. The van der Waals surface area contributed by atoms with Crippen LogP contribution in [0, 0.1) is 12.3 Å². The minimum atomic E-state index is -1.11. The van der Waals surface area contributed by atoms with E-state index >= 15 is 0 Å². The molecule has 6 nitrogen and oxygen atoms in total. The summed E-state index contributed by atoms with van der Waals surface area (Å²) in [5, 5.41) is 6.37. The molecule has 1 fully saturated rings. The van der Waals surface area contributed by atoms with Crippen LogP contribution in [-0.4, -0.2) is 35.0 Å². The molecule has 1 aliphatic rings. The van der Waals surface area contributed by atoms with Crippen LogP contribution in [0.2, 0.25) is 0 Å². The first-order valence-corrected chi connectivity index (χ1v) is 7.45. The van der Waals surface area contributed by atoms with E-state index < -0.39 is 5.41 Å². The van der Waals surface area contributed by atoms with Crippen LogP contribution in [0.4, 0.5) is 5.82 Å². The molecule has 116 valence electrons. The van der Waals surface area contributed by atoms with Gasteiger partial charge in [0.25, 0.3) is 0 Å². The summed E-state index contributed by atoms with van der Waals surface area (Å²) in [5.41, 5.74) is -1.11. The number of nitrogens with one attached hydrogen (secondary N) is 1. The number of carbonyl (C=O) groups is 2. The Morgan fingerprint density at radius 3 is 2.38 bits per heavy atom. The third kappa shape index (κ3) is 3.62. The summed E-state index contributed by atoms with van der Waals surface area (Å²) in [6.07, 6.45) is 4.31. The number of hydrogen-bond donors (Lipinski definition) is 1. The number of carbonyl (C=O) groups excluding carboxylic acids is 2. The maximum absolute atomic E-state index is 12.6. The molecule has 0 unspecified atom stereocenters. The number of anilines is 1. The first kappa shape index (κ1) is 15.5. The van der Waals surface area contributed by atoms with E-state index in [1.54, 1.807) is 31.7 Å². The van der Waals surface area contributed by atoms with Gasteiger partial charge in [-0.15, -0.1) is 0 Å². The number of amides is 2. The average molecular weight is 293 g/mol. The van der Waals surface area contributed by atoms with Crippen molar-refractivity contribution >= 4 is 17.6 Å². The first-order chi connectivity index (χ1) is 9.91. The number of aryl methyl sites for hydroxylation is 1. The smallest absolute Gasteiger partial charge is 0.240 e. The zero-order valence-electron chi connectivity index (χ0n) is 12.9. The summed E-state index contributed by atoms with van der Waals surface area (Å²) in [4.78, 5) is 26.8. The zero-order valence-corrected chi connectivity index (χ0v) is 12.9. The molecular formula is C15H23N3O3. The van der Waals surface area contributed by atoms with E-state index in [1.165, 1.54) is 0 Å². The van der Waals surface area contributed by atoms with E-state index in [2.05, 4.69) is 10.5 Å². The van der Waals surface area contributed by atoms with E-state index in [0.717, 1.165) is 38.8 Å². The second-order valence-electron chi connectivity index (χ2n) is 6.11. The molecule has 2 heterocycles. The van der Waals surface area contributed by atoms with Crippen molar-refractivity contribution in [2.75, 3.05) is 18.4 Å². The number of likely N-dealkylation sites (tertiary alicyclic amines) is 1. The SMILES string of the molecule is Cc1cc(NC(=O)C(C)(C)C(=O)N2CCCCCC2)no1. The topological polar surface area (TPSA) is 75.4 Å². The summed E-state index contributed by atoms with van der Waals surface area (Å²) in [6, 6.07) is 1.63. The van der Waals surface area contributed by atoms with Crippen molar-refractivity contribution in [2.24, 2.45) is 5.41 Å². The fourth-order valence-corrected chi connectivity index (χ4v) is 2.46. The fourth-order valence-electron chi connectivity index (χ4n) is 2.46. The molecule has 0 radical (unpaired) electrons. The molecule has 1 aromatic heterocycles. The van der Waals surface area contributed by atoms with Gasteiger partial charge in [-0.05, 0) is 33.6 Å². The second kappa shape index (κ2) is 6.28. The summed E-state index contributed by atoms with van der Waals surface area (Å²) in [5.74, 6) is 0.475. The van der Waals surface area contributed by atoms with Gasteiger partial charge in [-0.3, -0.25) is 9.59 Å². The molecule has 0 aromatic carbocycles. The van der Waals surface area contributed by atoms with Crippen molar-refractivity contribution in [2.45, 2.75) is 46.5 Å². The van der Waals surface area contributed by atoms with Gasteiger partial charge in [0.1, 0.15) is 11.2 Å². The highest BCUT2D eigenvalue weighted by Gasteiger charge is 2.39. The lowest BCUT2D eigenvalue weighted by Crippen LogP contribution is -2.47. The van der Waals surface area contributed by atoms with Crippen LogP contribution >= 0.6 is 0 Å². The van der Waals surface area contributed by atoms with Gasteiger partial charge in [-0.1, -0.05) is 18.0 Å². The van der Waals surface area contributed by atoms with Crippen LogP contribution in [-0.2, 0) is 9.59 Å². The quantitative estimate of drug-likeness (QED) is 0.868. The predicted octanol–water partition coefficient (Wildman–Crippen LogP) is 2.35. The average Bonchev–Trinajstić information content (AvgIpc) is 2.69. The Morgan fingerprint density at radius 2 is 1.86 bits per heavy atom. The highest BCUT2D eigenvalue weighted by molar-refractivity contribution is 6.09. The largest absolute Gasteiger partial charge is 0.360 e. The standard InChI is InChI=1S/C15H23N3O3/c1-11-10-12(17-21-11)16-13(19)15(2,3)14(20)18-8-6-4-5-7-9-18/h10H,4-9H2,1-3H3,(H,16,17,19). The molecule has 0 bridgehead atoms. The number of aromatic nitrogens is 1. The number of rotatable bonds is 3. The van der Waals surface area contributed by atoms with Crippen molar-refractivity contribution in [3.63, 3.8) is 0 Å². The van der Waals surface area contributed by atoms with Gasteiger partial charge in [0.15, 0.2) is 5.82 Å². The molecule has 0 aliphatic carbocycles. The molecule has 6 heteroatoms. The maximum atomic E-state index is 12.6. The fraction of sp³-hybridized carbons (Fsp3) is 0.667. The van der Waals surface area contributed by atoms with Crippen LogP contribution in [0.1, 0.15) is 45.3 Å². The molecule has 0 spiro atoms. The van der Waals surface area contributed by atoms with Crippen LogP contribution in [0.5, 0.6) is 0 Å². The Labute approximate surface area is 124 Å². The predicted molar refractivity (Wildman–Crippen MR) is 78.7 cm³/mol. The van der Waals surface area contributed by atoms with Crippen molar-refractivity contribution < 1.29 is 14.1 Å². The Kier molecular flexibility index (Phi) is 4.65. The molecule has 0 saturated carbocycles. The number of hydrogen-bond acceptors (Lipinski definition) is 4. The summed E-state index contributed by atoms with van der Waals surface area (Å²) in [7, 11) is 0. The summed E-state index contributed by atoms with van der Waals surface area (Å²) >= 11 is 0. The Morgan fingerprint density at radius 1 is 1.24 bits per heavy atom. The van der Waals surface area contributed by atoms with Gasteiger partial charge in [0.05, 0.1) is 0 Å². The van der Waals surface area contributed by atoms with Gasteiger partial charge in [0.2, 0.25) is 11.8 Å². The zero-order chi connectivity index (χ0) is 15.5. The third-order valence-corrected chi connectivity index (χ3v) is 3.87. The lowest BCUT2D eigenvalue weighted by molar-refractivity contribution is -0.146. The van der Waals surface area contributed by atoms with Crippen molar-refractivity contribution in [3.8, 4) is 0 Å². The molecule has 2 amide bonds. The number of nitrogens with zero attached hydrogens (tertiary/aromatic N) is 2. The second-order valence-corrected chi connectivity index (χ2v) is 6.11. The van der Waals surface area contributed by atoms with Gasteiger partial charge in [-0.25, -0.2) is 0 Å². The lowest BCUT2D eigenvalue weighted by Gasteiger charge is -2.30. The van der Waals surface area contributed by atoms with Crippen molar-refractivity contribution in [1.29, 1.82) is 0 Å².